The van der Waals surface area contributed by atoms with E-state index < -0.39 is 23.9 Å². The number of ether oxygens (including phenoxy) is 1. The quantitative estimate of drug-likeness (QED) is 0.397. The zero-order valence-electron chi connectivity index (χ0n) is 15.6. The number of carboxylic acids is 1. The largest absolute Gasteiger partial charge is 0.481 e. The highest BCUT2D eigenvalue weighted by Gasteiger charge is 2.22. The Kier molecular flexibility index (Phi) is 6.38. The van der Waals surface area contributed by atoms with E-state index in [0.717, 1.165) is 11.3 Å². The summed E-state index contributed by atoms with van der Waals surface area (Å²) in [5, 5.41) is 11.1. The molecule has 0 saturated carbocycles. The number of H-pyrrole nitrogens is 1. The van der Waals surface area contributed by atoms with Gasteiger partial charge in [0.25, 0.3) is 0 Å². The number of aliphatic carboxylic acids is 1. The number of carboxylic acid groups (broad SMARTS) is 1. The first-order valence-corrected chi connectivity index (χ1v) is 9.95. The maximum Gasteiger partial charge on any atom is 0.306 e. The van der Waals surface area contributed by atoms with E-state index in [0.29, 0.717) is 28.6 Å². The molecule has 7 nitrogen and oxygen atoms in total. The van der Waals surface area contributed by atoms with Gasteiger partial charge in [0.2, 0.25) is 5.78 Å². The van der Waals surface area contributed by atoms with Gasteiger partial charge in [-0.05, 0) is 31.0 Å². The lowest BCUT2D eigenvalue weighted by atomic mass is 10.1. The summed E-state index contributed by atoms with van der Waals surface area (Å²) in [5.41, 5.74) is 1.38. The minimum Gasteiger partial charge on any atom is -0.481 e. The van der Waals surface area contributed by atoms with Gasteiger partial charge in [-0.3, -0.25) is 14.4 Å². The highest BCUT2D eigenvalue weighted by molar-refractivity contribution is 7.12. The summed E-state index contributed by atoms with van der Waals surface area (Å²) in [4.78, 5) is 42.5. The van der Waals surface area contributed by atoms with E-state index >= 15 is 0 Å². The number of nitrogens with one attached hydrogen (secondary N) is 1. The summed E-state index contributed by atoms with van der Waals surface area (Å²) >= 11 is 1.14. The molecule has 0 bridgehead atoms. The number of fused-ring (bicyclic) bond motifs is 1. The Morgan fingerprint density at radius 1 is 1.31 bits per heavy atom. The monoisotopic (exact) mass is 418 g/mol. The van der Waals surface area contributed by atoms with Crippen molar-refractivity contribution in [2.24, 2.45) is 0 Å². The lowest BCUT2D eigenvalue weighted by Gasteiger charge is -2.13. The number of rotatable bonds is 9. The number of halogens is 1. The van der Waals surface area contributed by atoms with Crippen LogP contribution in [0, 0.1) is 5.82 Å². The number of ketones is 1. The first-order chi connectivity index (χ1) is 13.9. The summed E-state index contributed by atoms with van der Waals surface area (Å²) in [6.45, 7) is 1.82. The average Bonchev–Trinajstić information content (AvgIpc) is 3.32. The molecule has 3 rings (SSSR count). The van der Waals surface area contributed by atoms with Crippen LogP contribution in [0.25, 0.3) is 10.9 Å². The Morgan fingerprint density at radius 2 is 2.10 bits per heavy atom. The fraction of sp³-hybridized carbons (Fsp3) is 0.300. The van der Waals surface area contributed by atoms with Crippen molar-refractivity contribution < 1.29 is 28.6 Å². The van der Waals surface area contributed by atoms with Crippen LogP contribution >= 0.6 is 11.3 Å². The van der Waals surface area contributed by atoms with Crippen LogP contribution in [0.4, 0.5) is 4.39 Å². The van der Waals surface area contributed by atoms with Gasteiger partial charge in [0, 0.05) is 35.3 Å². The summed E-state index contributed by atoms with van der Waals surface area (Å²) in [7, 11) is 0. The van der Waals surface area contributed by atoms with Crippen molar-refractivity contribution in [3.63, 3.8) is 0 Å². The molecule has 0 fully saturated rings. The first kappa shape index (κ1) is 20.7. The van der Waals surface area contributed by atoms with E-state index in [1.807, 2.05) is 6.92 Å². The molecule has 0 aliphatic rings. The molecule has 0 saturated heterocycles. The van der Waals surface area contributed by atoms with E-state index in [9.17, 15) is 18.8 Å². The summed E-state index contributed by atoms with van der Waals surface area (Å²) in [6.07, 6.45) is 1.48. The van der Waals surface area contributed by atoms with E-state index in [1.54, 1.807) is 5.38 Å². The minimum atomic E-state index is -0.965. The van der Waals surface area contributed by atoms with Crippen molar-refractivity contribution in [3.8, 4) is 0 Å². The highest BCUT2D eigenvalue weighted by Crippen LogP contribution is 2.27. The van der Waals surface area contributed by atoms with Crippen LogP contribution in [0.5, 0.6) is 0 Å². The van der Waals surface area contributed by atoms with Crippen LogP contribution in [-0.4, -0.2) is 32.8 Å². The molecule has 1 atom stereocenters. The van der Waals surface area contributed by atoms with E-state index in [-0.39, 0.29) is 30.1 Å². The maximum absolute atomic E-state index is 13.3. The number of aromatic amines is 1. The van der Waals surface area contributed by atoms with E-state index in [1.165, 1.54) is 24.4 Å². The first-order valence-electron chi connectivity index (χ1n) is 9.07. The Balaban J connectivity index is 1.71. The fourth-order valence-electron chi connectivity index (χ4n) is 2.89. The standard InChI is InChI=1S/C20H19FN2O5S/c1-2-16(28-18(26)5-3-4-17(24)25)15-10-29-20(23-15)19(27)13-9-22-14-8-11(21)6-7-12(13)14/h6-10,16,22H,2-5H2,1H3,(H,24,25)/t16-/m0/s1. The molecule has 9 heteroatoms. The van der Waals surface area contributed by atoms with Crippen LogP contribution in [0.1, 0.15) is 59.8 Å². The molecule has 0 amide bonds. The van der Waals surface area contributed by atoms with Gasteiger partial charge >= 0.3 is 11.9 Å². The Bertz CT molecular complexity index is 1060. The van der Waals surface area contributed by atoms with Crippen molar-refractivity contribution in [2.45, 2.75) is 38.7 Å². The molecule has 29 heavy (non-hydrogen) atoms. The average molecular weight is 418 g/mol. The minimum absolute atomic E-state index is 0.00459. The van der Waals surface area contributed by atoms with Crippen molar-refractivity contribution in [1.29, 1.82) is 0 Å². The SMILES string of the molecule is CC[C@H](OC(=O)CCCC(=O)O)c1csc(C(=O)c2c[nH]c3cc(F)ccc23)n1. The van der Waals surface area contributed by atoms with Crippen molar-refractivity contribution in [1.82, 2.24) is 9.97 Å². The van der Waals surface area contributed by atoms with Gasteiger partial charge in [-0.25, -0.2) is 9.37 Å². The molecule has 0 radical (unpaired) electrons. The van der Waals surface area contributed by atoms with Crippen molar-refractivity contribution in [2.75, 3.05) is 0 Å². The molecule has 0 unspecified atom stereocenters. The third-order valence-electron chi connectivity index (χ3n) is 4.35. The lowest BCUT2D eigenvalue weighted by molar-refractivity contribution is -0.150. The van der Waals surface area contributed by atoms with Gasteiger partial charge in [0.05, 0.1) is 11.3 Å². The topological polar surface area (TPSA) is 109 Å². The van der Waals surface area contributed by atoms with Gasteiger partial charge in [-0.1, -0.05) is 6.92 Å². The smallest absolute Gasteiger partial charge is 0.306 e. The second-order valence-electron chi connectivity index (χ2n) is 6.43. The number of esters is 1. The fourth-order valence-corrected chi connectivity index (χ4v) is 3.71. The third kappa shape index (κ3) is 4.86. The Hall–Kier alpha value is -3.07. The van der Waals surface area contributed by atoms with Gasteiger partial charge in [-0.2, -0.15) is 0 Å². The third-order valence-corrected chi connectivity index (χ3v) is 5.21. The molecule has 152 valence electrons. The molecular formula is C20H19FN2O5S. The molecule has 2 aromatic heterocycles. The summed E-state index contributed by atoms with van der Waals surface area (Å²) in [5.74, 6) is -2.17. The van der Waals surface area contributed by atoms with Crippen LogP contribution in [0.3, 0.4) is 0 Å². The zero-order valence-corrected chi connectivity index (χ0v) is 16.4. The van der Waals surface area contributed by atoms with E-state index in [2.05, 4.69) is 9.97 Å². The van der Waals surface area contributed by atoms with Crippen LogP contribution < -0.4 is 0 Å². The number of thiazole rings is 1. The number of aromatic nitrogens is 2. The lowest BCUT2D eigenvalue weighted by Crippen LogP contribution is -2.12. The molecular weight excluding hydrogens is 399 g/mol. The summed E-state index contributed by atoms with van der Waals surface area (Å²) < 4.78 is 18.7. The van der Waals surface area contributed by atoms with Crippen LogP contribution in [0.15, 0.2) is 29.8 Å². The van der Waals surface area contributed by atoms with Gasteiger partial charge in [0.15, 0.2) is 5.01 Å². The zero-order chi connectivity index (χ0) is 21.0. The predicted molar refractivity (Wildman–Crippen MR) is 104 cm³/mol. The molecule has 3 aromatic rings. The van der Waals surface area contributed by atoms with Crippen molar-refractivity contribution >= 4 is 40.0 Å². The molecule has 1 aromatic carbocycles. The normalized spacial score (nSPS) is 12.1. The number of benzene rings is 1. The molecule has 2 heterocycles. The number of hydrogen-bond donors (Lipinski definition) is 2. The Labute approximate surface area is 169 Å². The van der Waals surface area contributed by atoms with Crippen LogP contribution in [-0.2, 0) is 14.3 Å². The Morgan fingerprint density at radius 3 is 2.83 bits per heavy atom. The number of carbonyl (C=O) groups excluding carboxylic acids is 2. The number of nitrogens with zero attached hydrogens (tertiary/aromatic N) is 1. The van der Waals surface area contributed by atoms with Crippen molar-refractivity contribution in [3.05, 3.63) is 51.9 Å². The predicted octanol–water partition coefficient (Wildman–Crippen LogP) is 4.24. The van der Waals surface area contributed by atoms with E-state index in [4.69, 9.17) is 9.84 Å². The maximum atomic E-state index is 13.3. The second kappa shape index (κ2) is 8.95. The molecule has 0 aliphatic carbocycles. The molecule has 2 N–H and O–H groups in total. The van der Waals surface area contributed by atoms with Gasteiger partial charge in [0.1, 0.15) is 11.9 Å². The summed E-state index contributed by atoms with van der Waals surface area (Å²) in [6, 6.07) is 4.14. The highest BCUT2D eigenvalue weighted by atomic mass is 32.1. The van der Waals surface area contributed by atoms with Gasteiger partial charge < -0.3 is 14.8 Å². The van der Waals surface area contributed by atoms with Crippen LogP contribution in [0.2, 0.25) is 0 Å². The number of hydrogen-bond acceptors (Lipinski definition) is 6. The second-order valence-corrected chi connectivity index (χ2v) is 7.29. The van der Waals surface area contributed by atoms with Gasteiger partial charge in [-0.15, -0.1) is 11.3 Å². The molecule has 0 spiro atoms. The molecule has 0 aliphatic heterocycles. The number of carbonyl (C=O) groups is 3.